The smallest absolute Gasteiger partial charge is 0.146 e. The number of methoxy groups -OCH3 is 1. The Bertz CT molecular complexity index is 1160. The number of aryl methyl sites for hydroxylation is 2. The number of hydrogen-bond donors (Lipinski definition) is 1. The summed E-state index contributed by atoms with van der Waals surface area (Å²) in [4.78, 5) is 2.01. The van der Waals surface area contributed by atoms with Gasteiger partial charge in [0.05, 0.1) is 7.11 Å². The van der Waals surface area contributed by atoms with E-state index < -0.39 is 5.60 Å². The monoisotopic (exact) mass is 466 g/mol. The van der Waals surface area contributed by atoms with Crippen LogP contribution in [0.15, 0.2) is 125 Å². The molecular formula is C31H30O2S. The number of benzene rings is 4. The molecule has 0 fully saturated rings. The second kappa shape index (κ2) is 11.2. The van der Waals surface area contributed by atoms with E-state index >= 15 is 0 Å². The zero-order valence-corrected chi connectivity index (χ0v) is 20.5. The molecule has 4 aromatic rings. The average Bonchev–Trinajstić information content (AvgIpc) is 2.90. The Hall–Kier alpha value is -3.27. The first-order valence-corrected chi connectivity index (χ1v) is 12.3. The number of allylic oxidation sites excluding steroid dienone is 1. The summed E-state index contributed by atoms with van der Waals surface area (Å²) in [6, 6.07) is 36.5. The molecule has 0 aliphatic carbocycles. The molecular weight excluding hydrogens is 436 g/mol. The first kappa shape index (κ1) is 23.9. The zero-order valence-electron chi connectivity index (χ0n) is 19.6. The van der Waals surface area contributed by atoms with Gasteiger partial charge in [-0.2, -0.15) is 0 Å². The number of hydrogen-bond acceptors (Lipinski definition) is 3. The van der Waals surface area contributed by atoms with Crippen LogP contribution in [-0.4, -0.2) is 12.2 Å². The van der Waals surface area contributed by atoms with Gasteiger partial charge in [-0.25, -0.2) is 0 Å². The van der Waals surface area contributed by atoms with Crippen LogP contribution >= 0.6 is 11.8 Å². The lowest BCUT2D eigenvalue weighted by Gasteiger charge is -2.32. The third kappa shape index (κ3) is 5.61. The molecule has 0 radical (unpaired) electrons. The van der Waals surface area contributed by atoms with Crippen LogP contribution in [0.1, 0.15) is 28.7 Å². The van der Waals surface area contributed by atoms with Gasteiger partial charge in [-0.3, -0.25) is 0 Å². The minimum atomic E-state index is -1.25. The molecule has 2 nitrogen and oxygen atoms in total. The summed E-state index contributed by atoms with van der Waals surface area (Å²) < 4.78 is 5.28. The highest BCUT2D eigenvalue weighted by atomic mass is 32.2. The van der Waals surface area contributed by atoms with Gasteiger partial charge < -0.3 is 9.84 Å². The van der Waals surface area contributed by atoms with Gasteiger partial charge in [0.15, 0.2) is 0 Å². The molecule has 1 N–H and O–H groups in total. The molecule has 0 aliphatic rings. The van der Waals surface area contributed by atoms with Crippen molar-refractivity contribution in [3.63, 3.8) is 0 Å². The molecule has 0 saturated carbocycles. The summed E-state index contributed by atoms with van der Waals surface area (Å²) in [6.07, 6.45) is 3.87. The van der Waals surface area contributed by atoms with Gasteiger partial charge in [0.25, 0.3) is 0 Å². The highest BCUT2D eigenvalue weighted by Crippen LogP contribution is 2.45. The predicted molar refractivity (Wildman–Crippen MR) is 142 cm³/mol. The van der Waals surface area contributed by atoms with Gasteiger partial charge in [0.1, 0.15) is 11.4 Å². The van der Waals surface area contributed by atoms with E-state index in [1.807, 2.05) is 72.8 Å². The van der Waals surface area contributed by atoms with E-state index in [1.54, 1.807) is 18.9 Å². The molecule has 34 heavy (non-hydrogen) atoms. The molecule has 0 unspecified atom stereocenters. The van der Waals surface area contributed by atoms with Crippen molar-refractivity contribution in [2.24, 2.45) is 0 Å². The Balaban J connectivity index is 1.73. The largest absolute Gasteiger partial charge is 0.497 e. The highest BCUT2D eigenvalue weighted by molar-refractivity contribution is 8.03. The summed E-state index contributed by atoms with van der Waals surface area (Å²) in [5, 5.41) is 12.4. The van der Waals surface area contributed by atoms with Crippen LogP contribution in [-0.2, 0) is 12.0 Å². The minimum Gasteiger partial charge on any atom is -0.497 e. The Morgan fingerprint density at radius 3 is 1.88 bits per heavy atom. The molecule has 0 saturated heterocycles. The fourth-order valence-electron chi connectivity index (χ4n) is 3.97. The second-order valence-electron chi connectivity index (χ2n) is 8.31. The summed E-state index contributed by atoms with van der Waals surface area (Å²) in [5.41, 5.74) is 2.92. The van der Waals surface area contributed by atoms with Crippen molar-refractivity contribution in [2.75, 3.05) is 7.11 Å². The van der Waals surface area contributed by atoms with Crippen molar-refractivity contribution in [3.05, 3.63) is 142 Å². The lowest BCUT2D eigenvalue weighted by Crippen LogP contribution is -2.28. The van der Waals surface area contributed by atoms with E-state index in [-0.39, 0.29) is 0 Å². The van der Waals surface area contributed by atoms with Gasteiger partial charge in [-0.15, -0.1) is 0 Å². The molecule has 0 heterocycles. The van der Waals surface area contributed by atoms with Crippen LogP contribution in [0.3, 0.4) is 0 Å². The van der Waals surface area contributed by atoms with Gasteiger partial charge >= 0.3 is 0 Å². The van der Waals surface area contributed by atoms with Crippen molar-refractivity contribution >= 4 is 11.8 Å². The second-order valence-corrected chi connectivity index (χ2v) is 9.43. The van der Waals surface area contributed by atoms with E-state index in [9.17, 15) is 5.11 Å². The van der Waals surface area contributed by atoms with Gasteiger partial charge in [-0.05, 0) is 60.7 Å². The fourth-order valence-corrected chi connectivity index (χ4v) is 5.08. The van der Waals surface area contributed by atoms with E-state index in [2.05, 4.69) is 49.4 Å². The topological polar surface area (TPSA) is 29.5 Å². The standard InChI is InChI=1S/C31H30O2S/c1-24-16-22-29(23-17-24)34-30(15-9-10-25-18-20-28(33-2)21-19-25)31(32,26-11-5-3-6-12-26)27-13-7-4-8-14-27/h3-8,11-23,32H,9-10H2,1-2H3/b30-15-. The Morgan fingerprint density at radius 2 is 1.35 bits per heavy atom. The predicted octanol–water partition coefficient (Wildman–Crippen LogP) is 7.55. The van der Waals surface area contributed by atoms with Crippen LogP contribution in [0, 0.1) is 6.92 Å². The van der Waals surface area contributed by atoms with Crippen LogP contribution in [0.4, 0.5) is 0 Å². The maximum Gasteiger partial charge on any atom is 0.146 e. The summed E-state index contributed by atoms with van der Waals surface area (Å²) in [7, 11) is 1.68. The molecule has 0 aromatic heterocycles. The molecule has 0 aliphatic heterocycles. The van der Waals surface area contributed by atoms with Crippen LogP contribution < -0.4 is 4.74 Å². The van der Waals surface area contributed by atoms with Crippen molar-refractivity contribution in [3.8, 4) is 5.75 Å². The maximum absolute atomic E-state index is 12.4. The first-order valence-electron chi connectivity index (χ1n) is 11.5. The third-order valence-electron chi connectivity index (χ3n) is 5.91. The van der Waals surface area contributed by atoms with E-state index in [0.29, 0.717) is 0 Å². The van der Waals surface area contributed by atoms with Crippen LogP contribution in [0.25, 0.3) is 0 Å². The molecule has 4 rings (SSSR count). The normalized spacial score (nSPS) is 11.9. The number of rotatable bonds is 9. The summed E-state index contributed by atoms with van der Waals surface area (Å²) in [5.74, 6) is 0.859. The molecule has 0 amide bonds. The summed E-state index contributed by atoms with van der Waals surface area (Å²) in [6.45, 7) is 2.09. The molecule has 0 atom stereocenters. The van der Waals surface area contributed by atoms with Crippen molar-refractivity contribution < 1.29 is 9.84 Å². The summed E-state index contributed by atoms with van der Waals surface area (Å²) >= 11 is 1.63. The minimum absolute atomic E-state index is 0.808. The SMILES string of the molecule is COc1ccc(CC/C=C(\Sc2ccc(C)cc2)C(O)(c2ccccc2)c2ccccc2)cc1. The third-order valence-corrected chi connectivity index (χ3v) is 7.10. The number of thioether (sulfide) groups is 1. The zero-order chi connectivity index (χ0) is 23.8. The lowest BCUT2D eigenvalue weighted by molar-refractivity contribution is 0.130. The van der Waals surface area contributed by atoms with Gasteiger partial charge in [0.2, 0.25) is 0 Å². The Morgan fingerprint density at radius 1 is 0.794 bits per heavy atom. The Labute approximate surface area is 206 Å². The highest BCUT2D eigenvalue weighted by Gasteiger charge is 2.36. The van der Waals surface area contributed by atoms with E-state index in [0.717, 1.165) is 39.5 Å². The van der Waals surface area contributed by atoms with E-state index in [4.69, 9.17) is 4.74 Å². The van der Waals surface area contributed by atoms with Crippen molar-refractivity contribution in [2.45, 2.75) is 30.3 Å². The van der Waals surface area contributed by atoms with Gasteiger partial charge in [-0.1, -0.05) is 108 Å². The molecule has 3 heteroatoms. The molecule has 4 aromatic carbocycles. The van der Waals surface area contributed by atoms with Gasteiger partial charge in [0, 0.05) is 9.80 Å². The van der Waals surface area contributed by atoms with Crippen molar-refractivity contribution in [1.82, 2.24) is 0 Å². The fraction of sp³-hybridized carbons (Fsp3) is 0.161. The van der Waals surface area contributed by atoms with Crippen molar-refractivity contribution in [1.29, 1.82) is 0 Å². The molecule has 172 valence electrons. The number of aliphatic hydroxyl groups is 1. The van der Waals surface area contributed by atoms with Crippen LogP contribution in [0.2, 0.25) is 0 Å². The van der Waals surface area contributed by atoms with Crippen LogP contribution in [0.5, 0.6) is 5.75 Å². The van der Waals surface area contributed by atoms with E-state index in [1.165, 1.54) is 11.1 Å². The molecule has 0 bridgehead atoms. The first-order chi connectivity index (χ1) is 16.6. The quantitative estimate of drug-likeness (QED) is 0.258. The maximum atomic E-state index is 12.4. The lowest BCUT2D eigenvalue weighted by atomic mass is 9.85. The molecule has 0 spiro atoms. The number of ether oxygens (including phenoxy) is 1. The average molecular weight is 467 g/mol. The Kier molecular flexibility index (Phi) is 7.89.